The lowest BCUT2D eigenvalue weighted by Crippen LogP contribution is -3.00. The molecule has 0 heterocycles. The highest BCUT2D eigenvalue weighted by atomic mass is 127. The van der Waals surface area contributed by atoms with Gasteiger partial charge in [0, 0.05) is 12.8 Å². The summed E-state index contributed by atoms with van der Waals surface area (Å²) in [6.07, 6.45) is 4.40. The molecule has 0 atom stereocenters. The summed E-state index contributed by atoms with van der Waals surface area (Å²) in [5.74, 6) is 0. The van der Waals surface area contributed by atoms with Gasteiger partial charge in [-0.05, 0) is 6.42 Å². The highest BCUT2D eigenvalue weighted by molar-refractivity contribution is 6.30. The van der Waals surface area contributed by atoms with Gasteiger partial charge < -0.3 is 66.6 Å². The Morgan fingerprint density at radius 3 is 1.71 bits per heavy atom. The number of hydrogen-bond acceptors (Lipinski definition) is 4. The third-order valence-corrected chi connectivity index (χ3v) is 2.95. The number of hydrogen-bond donors (Lipinski definition) is 0. The molecule has 0 aromatic rings. The molecule has 0 unspecified atom stereocenters. The Kier molecular flexibility index (Phi) is 18.9. The molecule has 0 aromatic heterocycles. The molecule has 0 spiro atoms. The summed E-state index contributed by atoms with van der Waals surface area (Å²) in [5, 5.41) is 8.05. The lowest BCUT2D eigenvalue weighted by Gasteiger charge is -2.23. The first-order chi connectivity index (χ1) is 10.1. The van der Waals surface area contributed by atoms with Gasteiger partial charge in [-0.3, -0.25) is 0 Å². The van der Waals surface area contributed by atoms with Gasteiger partial charge in [0.15, 0.2) is 0 Å². The molecule has 0 saturated heterocycles. The zero-order chi connectivity index (χ0) is 17.1. The molecule has 8 heteroatoms. The summed E-state index contributed by atoms with van der Waals surface area (Å²) in [5.41, 5.74) is 0.803. The fourth-order valence-electron chi connectivity index (χ4n) is 1.67. The van der Waals surface area contributed by atoms with Crippen LogP contribution in [-0.2, 0) is 9.68 Å². The molecule has 0 aromatic carbocycles. The first-order valence-electron chi connectivity index (χ1n) is 8.09. The van der Waals surface area contributed by atoms with Crippen molar-refractivity contribution in [3.63, 3.8) is 0 Å². The first-order valence-corrected chi connectivity index (χ1v) is 8.09. The molecule has 0 fully saturated rings. The minimum Gasteiger partial charge on any atom is -1.00 e. The van der Waals surface area contributed by atoms with Gasteiger partial charge in [0.2, 0.25) is 0 Å². The summed E-state index contributed by atoms with van der Waals surface area (Å²) < 4.78 is 1.88. The average Bonchev–Trinajstić information content (AvgIpc) is 2.37. The second kappa shape index (κ2) is 15.6. The van der Waals surface area contributed by atoms with Gasteiger partial charge in [-0.25, -0.2) is 0 Å². The molecule has 0 aliphatic heterocycles. The van der Waals surface area contributed by atoms with Crippen molar-refractivity contribution in [2.24, 2.45) is 10.3 Å². The number of quaternary nitrogens is 2. The molecule has 0 rings (SSSR count). The molecule has 0 aliphatic rings. The fraction of sp³-hybridized carbons (Fsp3) is 0.875. The smallest absolute Gasteiger partial charge is 0.122 e. The molecule has 0 radical (unpaired) electrons. The Hall–Kier alpha value is 0.320. The minimum absolute atomic E-state index is 0. The van der Waals surface area contributed by atoms with Gasteiger partial charge in [0.05, 0.1) is 61.6 Å². The Balaban J connectivity index is -0.00000220. The van der Waals surface area contributed by atoms with Crippen molar-refractivity contribution >= 4 is 11.9 Å². The quantitative estimate of drug-likeness (QED) is 0.0790. The maximum Gasteiger partial charge on any atom is 0.122 e. The van der Waals surface area contributed by atoms with E-state index in [1.165, 1.54) is 0 Å². The van der Waals surface area contributed by atoms with E-state index in [-0.39, 0.29) is 48.0 Å². The third kappa shape index (κ3) is 22.3. The van der Waals surface area contributed by atoms with Crippen molar-refractivity contribution in [3.05, 3.63) is 0 Å². The topological polar surface area (TPSA) is 43.2 Å². The highest BCUT2D eigenvalue weighted by Crippen LogP contribution is 1.96. The van der Waals surface area contributed by atoms with E-state index >= 15 is 0 Å². The van der Waals surface area contributed by atoms with E-state index in [0.29, 0.717) is 13.2 Å². The van der Waals surface area contributed by atoms with Gasteiger partial charge in [0.25, 0.3) is 0 Å². The van der Waals surface area contributed by atoms with E-state index in [4.69, 9.17) is 9.68 Å². The van der Waals surface area contributed by atoms with Crippen LogP contribution in [0.5, 0.6) is 0 Å². The monoisotopic (exact) mass is 570 g/mol. The number of halogens is 2. The zero-order valence-electron chi connectivity index (χ0n) is 16.4. The van der Waals surface area contributed by atoms with E-state index in [0.717, 1.165) is 47.0 Å². The Morgan fingerprint density at radius 2 is 1.29 bits per heavy atom. The summed E-state index contributed by atoms with van der Waals surface area (Å²) in [7, 11) is 13.0. The maximum absolute atomic E-state index is 5.33. The van der Waals surface area contributed by atoms with Gasteiger partial charge >= 0.3 is 0 Å². The standard InChI is InChI=1S/C16H36N4O2.2HI/c1-8-16(18-22-14-10-12-20(5,6)7)15-17-21-13-9-11-19(2,3)4;;/h15H,8-14H2,1-7H3;2*1H/q+2;;/p-2/b17-15+,18-16-;;. The van der Waals surface area contributed by atoms with Crippen LogP contribution < -0.4 is 48.0 Å². The number of rotatable bonds is 12. The summed E-state index contributed by atoms with van der Waals surface area (Å²) >= 11 is 0. The van der Waals surface area contributed by atoms with Crippen LogP contribution in [0.25, 0.3) is 0 Å². The van der Waals surface area contributed by atoms with Crippen molar-refractivity contribution in [1.29, 1.82) is 0 Å². The van der Waals surface area contributed by atoms with E-state index in [9.17, 15) is 0 Å². The molecular formula is C16H36I2N4O2. The number of oxime groups is 2. The minimum atomic E-state index is 0. The van der Waals surface area contributed by atoms with Crippen LogP contribution in [0.2, 0.25) is 0 Å². The highest BCUT2D eigenvalue weighted by Gasteiger charge is 2.06. The van der Waals surface area contributed by atoms with Crippen LogP contribution in [0.3, 0.4) is 0 Å². The molecule has 0 amide bonds. The molecule has 6 nitrogen and oxygen atoms in total. The lowest BCUT2D eigenvalue weighted by atomic mass is 10.3. The van der Waals surface area contributed by atoms with Crippen molar-refractivity contribution in [3.8, 4) is 0 Å². The van der Waals surface area contributed by atoms with Crippen LogP contribution in [0.15, 0.2) is 10.3 Å². The maximum atomic E-state index is 5.33. The molecule has 0 aliphatic carbocycles. The van der Waals surface area contributed by atoms with Crippen LogP contribution in [0.4, 0.5) is 0 Å². The van der Waals surface area contributed by atoms with E-state index in [1.807, 2.05) is 6.92 Å². The van der Waals surface area contributed by atoms with E-state index < -0.39 is 0 Å². The van der Waals surface area contributed by atoms with Crippen molar-refractivity contribution in [2.75, 3.05) is 68.6 Å². The Morgan fingerprint density at radius 1 is 0.833 bits per heavy atom. The third-order valence-electron chi connectivity index (χ3n) is 2.95. The predicted molar refractivity (Wildman–Crippen MR) is 93.2 cm³/mol. The van der Waals surface area contributed by atoms with Crippen LogP contribution in [0, 0.1) is 0 Å². The van der Waals surface area contributed by atoms with Gasteiger partial charge in [-0.2, -0.15) is 0 Å². The second-order valence-electron chi connectivity index (χ2n) is 7.57. The normalized spacial score (nSPS) is 12.5. The largest absolute Gasteiger partial charge is 1.00 e. The van der Waals surface area contributed by atoms with Gasteiger partial charge in [0.1, 0.15) is 18.9 Å². The Labute approximate surface area is 182 Å². The van der Waals surface area contributed by atoms with Crippen molar-refractivity contribution in [2.45, 2.75) is 26.2 Å². The summed E-state index contributed by atoms with van der Waals surface area (Å²) in [4.78, 5) is 10.6. The second-order valence-corrected chi connectivity index (χ2v) is 7.57. The van der Waals surface area contributed by atoms with E-state index in [1.54, 1.807) is 6.21 Å². The molecular weight excluding hydrogens is 534 g/mol. The average molecular weight is 570 g/mol. The predicted octanol–water partition coefficient (Wildman–Crippen LogP) is -4.03. The summed E-state index contributed by atoms with van der Waals surface area (Å²) in [6.45, 7) is 5.43. The first kappa shape index (κ1) is 29.1. The molecule has 0 N–H and O–H groups in total. The van der Waals surface area contributed by atoms with Gasteiger partial charge in [-0.15, -0.1) is 0 Å². The van der Waals surface area contributed by atoms with Crippen LogP contribution in [0.1, 0.15) is 26.2 Å². The lowest BCUT2D eigenvalue weighted by molar-refractivity contribution is -0.870. The fourth-order valence-corrected chi connectivity index (χ4v) is 1.67. The molecule has 0 saturated carbocycles. The molecule has 0 bridgehead atoms. The number of nitrogens with zero attached hydrogens (tertiary/aromatic N) is 4. The van der Waals surface area contributed by atoms with E-state index in [2.05, 4.69) is 52.6 Å². The van der Waals surface area contributed by atoms with Gasteiger partial charge in [-0.1, -0.05) is 17.2 Å². The Bertz CT molecular complexity index is 351. The summed E-state index contributed by atoms with van der Waals surface area (Å²) in [6, 6.07) is 0. The molecule has 146 valence electrons. The van der Waals surface area contributed by atoms with Crippen molar-refractivity contribution < 1.29 is 66.6 Å². The van der Waals surface area contributed by atoms with Crippen LogP contribution in [-0.4, -0.2) is 89.5 Å². The zero-order valence-corrected chi connectivity index (χ0v) is 20.7. The SMILES string of the molecule is CCC(/C=N/OCCC[N+](C)(C)C)=N/OCCC[N+](C)(C)C.[I-].[I-]. The van der Waals surface area contributed by atoms with Crippen molar-refractivity contribution in [1.82, 2.24) is 0 Å². The molecule has 24 heavy (non-hydrogen) atoms. The van der Waals surface area contributed by atoms with Crippen LogP contribution >= 0.6 is 0 Å².